The average Bonchev–Trinajstić information content (AvgIpc) is 3.17. The van der Waals surface area contributed by atoms with Gasteiger partial charge in [-0.05, 0) is 30.9 Å². The molecule has 0 amide bonds. The fourth-order valence-corrected chi connectivity index (χ4v) is 4.16. The molecule has 0 fully saturated rings. The van der Waals surface area contributed by atoms with Crippen molar-refractivity contribution >= 4 is 39.3 Å². The number of nitrogens with one attached hydrogen (secondary N) is 1. The lowest BCUT2D eigenvalue weighted by Gasteiger charge is -2.03. The summed E-state index contributed by atoms with van der Waals surface area (Å²) in [4.78, 5) is 21.2. The van der Waals surface area contributed by atoms with E-state index in [2.05, 4.69) is 20.5 Å². The average molecular weight is 355 g/mol. The van der Waals surface area contributed by atoms with Crippen molar-refractivity contribution in [3.63, 3.8) is 0 Å². The van der Waals surface area contributed by atoms with Gasteiger partial charge in [-0.3, -0.25) is 15.5 Å². The predicted octanol–water partition coefficient (Wildman–Crippen LogP) is 3.24. The number of fused-ring (bicyclic) bond motifs is 3. The van der Waals surface area contributed by atoms with Gasteiger partial charge in [-0.25, -0.2) is 9.97 Å². The predicted molar refractivity (Wildman–Crippen MR) is 95.4 cm³/mol. The van der Waals surface area contributed by atoms with Gasteiger partial charge in [0.1, 0.15) is 16.9 Å². The molecule has 1 aliphatic carbocycles. The highest BCUT2D eigenvalue weighted by atomic mass is 32.1. The van der Waals surface area contributed by atoms with Crippen LogP contribution in [0.1, 0.15) is 22.4 Å². The van der Waals surface area contributed by atoms with Gasteiger partial charge in [-0.15, -0.1) is 11.3 Å². The number of nitro benzene ring substituents is 1. The third kappa shape index (κ3) is 2.78. The van der Waals surface area contributed by atoms with Crippen LogP contribution < -0.4 is 5.43 Å². The Labute approximate surface area is 146 Å². The molecule has 0 spiro atoms. The van der Waals surface area contributed by atoms with Gasteiger partial charge >= 0.3 is 0 Å². The quantitative estimate of drug-likeness (QED) is 0.422. The van der Waals surface area contributed by atoms with Gasteiger partial charge in [0.2, 0.25) is 0 Å². The van der Waals surface area contributed by atoms with E-state index in [0.717, 1.165) is 29.5 Å². The van der Waals surface area contributed by atoms with E-state index in [1.807, 2.05) is 0 Å². The van der Waals surface area contributed by atoms with Crippen LogP contribution in [-0.4, -0.2) is 26.2 Å². The maximum absolute atomic E-state index is 10.8. The van der Waals surface area contributed by atoms with E-state index in [1.54, 1.807) is 11.3 Å². The zero-order chi connectivity index (χ0) is 17.4. The van der Waals surface area contributed by atoms with Crippen LogP contribution in [0.4, 0.5) is 11.5 Å². The van der Waals surface area contributed by atoms with Crippen LogP contribution in [-0.2, 0) is 12.8 Å². The molecule has 0 bridgehead atoms. The molecule has 1 aromatic carbocycles. The van der Waals surface area contributed by atoms with E-state index >= 15 is 0 Å². The van der Waals surface area contributed by atoms with E-state index in [1.165, 1.54) is 41.2 Å². The van der Waals surface area contributed by atoms with Crippen LogP contribution in [0, 0.1) is 10.1 Å². The van der Waals surface area contributed by atoms with E-state index in [9.17, 15) is 15.2 Å². The van der Waals surface area contributed by atoms with Crippen LogP contribution >= 0.6 is 11.3 Å². The maximum Gasteiger partial charge on any atom is 0.270 e. The minimum absolute atomic E-state index is 0.0830. The summed E-state index contributed by atoms with van der Waals surface area (Å²) in [5.74, 6) is 0.519. The van der Waals surface area contributed by atoms with Gasteiger partial charge < -0.3 is 5.11 Å². The Kier molecular flexibility index (Phi) is 3.77. The summed E-state index contributed by atoms with van der Waals surface area (Å²) in [5.41, 5.74) is 4.29. The number of hydrogen-bond donors (Lipinski definition) is 2. The number of phenolic OH excluding ortho intramolecular Hbond substituents is 1. The van der Waals surface area contributed by atoms with E-state index in [4.69, 9.17) is 0 Å². The Morgan fingerprint density at radius 1 is 1.36 bits per heavy atom. The number of thiophene rings is 1. The molecule has 1 aliphatic rings. The molecule has 25 heavy (non-hydrogen) atoms. The Bertz CT molecular complexity index is 1010. The zero-order valence-electron chi connectivity index (χ0n) is 13.0. The summed E-state index contributed by atoms with van der Waals surface area (Å²) in [7, 11) is 0. The van der Waals surface area contributed by atoms with Crippen molar-refractivity contribution in [3.8, 4) is 5.75 Å². The van der Waals surface area contributed by atoms with Crippen molar-refractivity contribution in [2.24, 2.45) is 5.10 Å². The Morgan fingerprint density at radius 3 is 3.08 bits per heavy atom. The molecular formula is C16H13N5O3S. The molecule has 0 saturated carbocycles. The highest BCUT2D eigenvalue weighted by Gasteiger charge is 2.21. The summed E-state index contributed by atoms with van der Waals surface area (Å²) in [5, 5.41) is 25.7. The minimum Gasteiger partial charge on any atom is -0.507 e. The van der Waals surface area contributed by atoms with Gasteiger partial charge in [0, 0.05) is 22.6 Å². The smallest absolute Gasteiger partial charge is 0.270 e. The van der Waals surface area contributed by atoms with Crippen molar-refractivity contribution < 1.29 is 10.0 Å². The number of rotatable bonds is 4. The fourth-order valence-electron chi connectivity index (χ4n) is 2.94. The SMILES string of the molecule is O=[N+]([O-])c1ccc(O)c(/C=N\Nc2ncnc3sc4c(c23)CCC4)c1. The number of hydrazone groups is 1. The summed E-state index contributed by atoms with van der Waals surface area (Å²) in [6.07, 6.45) is 6.03. The van der Waals surface area contributed by atoms with Crippen LogP contribution in [0.2, 0.25) is 0 Å². The second kappa shape index (κ2) is 6.10. The number of non-ortho nitro benzene ring substituents is 1. The normalized spacial score (nSPS) is 13.4. The molecule has 0 unspecified atom stereocenters. The third-order valence-electron chi connectivity index (χ3n) is 4.10. The molecule has 8 nitrogen and oxygen atoms in total. The molecule has 2 aromatic heterocycles. The number of benzene rings is 1. The number of phenols is 1. The lowest BCUT2D eigenvalue weighted by Crippen LogP contribution is -1.97. The molecule has 3 aromatic rings. The second-order valence-electron chi connectivity index (χ2n) is 5.63. The van der Waals surface area contributed by atoms with Crippen LogP contribution in [0.25, 0.3) is 10.2 Å². The Hall–Kier alpha value is -3.07. The highest BCUT2D eigenvalue weighted by Crippen LogP contribution is 2.38. The highest BCUT2D eigenvalue weighted by molar-refractivity contribution is 7.19. The van der Waals surface area contributed by atoms with Gasteiger partial charge in [0.05, 0.1) is 16.5 Å². The molecule has 0 radical (unpaired) electrons. The van der Waals surface area contributed by atoms with Crippen molar-refractivity contribution in [2.45, 2.75) is 19.3 Å². The van der Waals surface area contributed by atoms with E-state index in [-0.39, 0.29) is 17.0 Å². The summed E-state index contributed by atoms with van der Waals surface area (Å²) in [6, 6.07) is 3.77. The number of aryl methyl sites for hydroxylation is 2. The fraction of sp³-hybridized carbons (Fsp3) is 0.188. The lowest BCUT2D eigenvalue weighted by atomic mass is 10.2. The number of hydrogen-bond acceptors (Lipinski definition) is 8. The molecule has 4 rings (SSSR count). The minimum atomic E-state index is -0.521. The van der Waals surface area contributed by atoms with Crippen molar-refractivity contribution in [1.82, 2.24) is 9.97 Å². The van der Waals surface area contributed by atoms with Crippen LogP contribution in [0.5, 0.6) is 5.75 Å². The zero-order valence-corrected chi connectivity index (χ0v) is 13.8. The summed E-state index contributed by atoms with van der Waals surface area (Å²) < 4.78 is 0. The first kappa shape index (κ1) is 15.5. The van der Waals surface area contributed by atoms with Gasteiger partial charge in [0.15, 0.2) is 5.82 Å². The van der Waals surface area contributed by atoms with Crippen molar-refractivity contribution in [1.29, 1.82) is 0 Å². The Morgan fingerprint density at radius 2 is 2.24 bits per heavy atom. The molecule has 0 aliphatic heterocycles. The van der Waals surface area contributed by atoms with E-state index < -0.39 is 4.92 Å². The number of aromatic hydroxyl groups is 1. The van der Waals surface area contributed by atoms with Crippen molar-refractivity contribution in [2.75, 3.05) is 5.43 Å². The molecular weight excluding hydrogens is 342 g/mol. The largest absolute Gasteiger partial charge is 0.507 e. The Balaban J connectivity index is 1.64. The van der Waals surface area contributed by atoms with E-state index in [0.29, 0.717) is 5.82 Å². The van der Waals surface area contributed by atoms with Gasteiger partial charge in [0.25, 0.3) is 5.69 Å². The molecule has 9 heteroatoms. The first-order chi connectivity index (χ1) is 12.1. The number of nitro groups is 1. The summed E-state index contributed by atoms with van der Waals surface area (Å²) in [6.45, 7) is 0. The topological polar surface area (TPSA) is 114 Å². The molecule has 2 heterocycles. The number of anilines is 1. The second-order valence-corrected chi connectivity index (χ2v) is 6.71. The monoisotopic (exact) mass is 355 g/mol. The standard InChI is InChI=1S/C16H13N5O3S/c22-12-5-4-10(21(23)24)6-9(12)7-19-20-15-14-11-2-1-3-13(11)25-16(14)18-8-17-15/h4-8,22H,1-3H2,(H,17,18,20)/b19-7-. The van der Waals surface area contributed by atoms with Gasteiger partial charge in [-0.2, -0.15) is 5.10 Å². The molecule has 126 valence electrons. The van der Waals surface area contributed by atoms with Crippen LogP contribution in [0.3, 0.4) is 0 Å². The molecule has 0 atom stereocenters. The number of nitrogens with zero attached hydrogens (tertiary/aromatic N) is 4. The van der Waals surface area contributed by atoms with Crippen molar-refractivity contribution in [3.05, 3.63) is 50.6 Å². The first-order valence-corrected chi connectivity index (χ1v) is 8.47. The summed E-state index contributed by atoms with van der Waals surface area (Å²) >= 11 is 1.68. The first-order valence-electron chi connectivity index (χ1n) is 7.65. The molecule has 2 N–H and O–H groups in total. The van der Waals surface area contributed by atoms with Crippen LogP contribution in [0.15, 0.2) is 29.6 Å². The lowest BCUT2D eigenvalue weighted by molar-refractivity contribution is -0.384. The van der Waals surface area contributed by atoms with Gasteiger partial charge in [-0.1, -0.05) is 0 Å². The third-order valence-corrected chi connectivity index (χ3v) is 5.30. The maximum atomic E-state index is 10.8. The molecule has 0 saturated heterocycles. The number of aromatic nitrogens is 2.